The number of benzene rings is 1. The molecule has 0 aliphatic carbocycles. The maximum atomic E-state index is 13.1. The third kappa shape index (κ3) is 4.65. The maximum Gasteiger partial charge on any atom is 0.210 e. The minimum absolute atomic E-state index is 0.0547. The van der Waals surface area contributed by atoms with Gasteiger partial charge >= 0.3 is 0 Å². The number of halogens is 2. The van der Waals surface area contributed by atoms with Crippen molar-refractivity contribution in [3.8, 4) is 0 Å². The van der Waals surface area contributed by atoms with Gasteiger partial charge in [-0.2, -0.15) is 0 Å². The number of hydrogen-bond donors (Lipinski definition) is 2. The predicted octanol–water partition coefficient (Wildman–Crippen LogP) is 0.343. The van der Waals surface area contributed by atoms with E-state index in [0.717, 1.165) is 18.2 Å². The summed E-state index contributed by atoms with van der Waals surface area (Å²) < 4.78 is 47.0. The van der Waals surface area contributed by atoms with Gasteiger partial charge in [0.05, 0.1) is 5.75 Å². The van der Waals surface area contributed by atoms with Crippen molar-refractivity contribution in [3.63, 3.8) is 0 Å². The van der Waals surface area contributed by atoms with Gasteiger partial charge < -0.3 is 5.32 Å². The van der Waals surface area contributed by atoms with E-state index in [2.05, 4.69) is 5.32 Å². The van der Waals surface area contributed by atoms with Crippen molar-refractivity contribution in [3.05, 3.63) is 35.4 Å². The first-order valence-corrected chi connectivity index (χ1v) is 6.25. The summed E-state index contributed by atoms with van der Waals surface area (Å²) in [6, 6.07) is 3.09. The summed E-state index contributed by atoms with van der Waals surface area (Å²) in [5.41, 5.74) is 0.148. The van der Waals surface area contributed by atoms with Gasteiger partial charge in [0, 0.05) is 18.7 Å². The van der Waals surface area contributed by atoms with Gasteiger partial charge in [-0.25, -0.2) is 22.3 Å². The Labute approximate surface area is 92.5 Å². The van der Waals surface area contributed by atoms with Gasteiger partial charge in [0.1, 0.15) is 11.6 Å². The SMILES string of the molecule is NS(=O)(=O)CCNCc1cc(F)ccc1F. The predicted molar refractivity (Wildman–Crippen MR) is 56.0 cm³/mol. The van der Waals surface area contributed by atoms with Crippen molar-refractivity contribution in [2.75, 3.05) is 12.3 Å². The number of sulfonamides is 1. The van der Waals surface area contributed by atoms with Gasteiger partial charge in [-0.1, -0.05) is 0 Å². The summed E-state index contributed by atoms with van der Waals surface area (Å²) in [5, 5.41) is 7.43. The quantitative estimate of drug-likeness (QED) is 0.740. The Hall–Kier alpha value is -1.05. The first kappa shape index (κ1) is 13.0. The van der Waals surface area contributed by atoms with Crippen LogP contribution in [0.4, 0.5) is 8.78 Å². The number of nitrogens with one attached hydrogen (secondary N) is 1. The molecule has 0 saturated carbocycles. The molecular weight excluding hydrogens is 238 g/mol. The van der Waals surface area contributed by atoms with Gasteiger partial charge in [0.25, 0.3) is 0 Å². The minimum Gasteiger partial charge on any atom is -0.312 e. The zero-order valence-corrected chi connectivity index (χ0v) is 9.23. The average Bonchev–Trinajstić information content (AvgIpc) is 2.16. The standard InChI is InChI=1S/C9H12F2N2O2S/c10-8-1-2-9(11)7(5-8)6-13-3-4-16(12,14)15/h1-2,5,13H,3-4,6H2,(H2,12,14,15). The van der Waals surface area contributed by atoms with E-state index in [1.807, 2.05) is 0 Å². The van der Waals surface area contributed by atoms with Gasteiger partial charge in [0.2, 0.25) is 10.0 Å². The summed E-state index contributed by atoms with van der Waals surface area (Å²) in [6.45, 7) is 0.147. The Morgan fingerprint density at radius 2 is 2.00 bits per heavy atom. The van der Waals surface area contributed by atoms with Crippen molar-refractivity contribution in [1.82, 2.24) is 5.32 Å². The highest BCUT2D eigenvalue weighted by Gasteiger charge is 2.05. The van der Waals surface area contributed by atoms with Crippen molar-refractivity contribution in [2.24, 2.45) is 5.14 Å². The second kappa shape index (κ2) is 5.33. The van der Waals surface area contributed by atoms with Crippen LogP contribution in [0.2, 0.25) is 0 Å². The highest BCUT2D eigenvalue weighted by atomic mass is 32.2. The Morgan fingerprint density at radius 1 is 1.31 bits per heavy atom. The summed E-state index contributed by atoms with van der Waals surface area (Å²) >= 11 is 0. The third-order valence-corrected chi connectivity index (χ3v) is 2.66. The highest BCUT2D eigenvalue weighted by Crippen LogP contribution is 2.08. The largest absolute Gasteiger partial charge is 0.312 e. The molecule has 0 amide bonds. The van der Waals surface area contributed by atoms with E-state index < -0.39 is 21.7 Å². The van der Waals surface area contributed by atoms with E-state index in [9.17, 15) is 17.2 Å². The highest BCUT2D eigenvalue weighted by molar-refractivity contribution is 7.89. The molecule has 16 heavy (non-hydrogen) atoms. The molecule has 0 unspecified atom stereocenters. The number of nitrogens with two attached hydrogens (primary N) is 1. The Morgan fingerprint density at radius 3 is 2.62 bits per heavy atom. The van der Waals surface area contributed by atoms with Gasteiger partial charge in [-0.15, -0.1) is 0 Å². The fourth-order valence-corrected chi connectivity index (χ4v) is 1.55. The van der Waals surface area contributed by atoms with Crippen LogP contribution >= 0.6 is 0 Å². The molecule has 4 nitrogen and oxygen atoms in total. The van der Waals surface area contributed by atoms with Gasteiger partial charge in [0.15, 0.2) is 0 Å². The van der Waals surface area contributed by atoms with Crippen LogP contribution in [0.3, 0.4) is 0 Å². The van der Waals surface area contributed by atoms with Crippen molar-refractivity contribution >= 4 is 10.0 Å². The number of rotatable bonds is 5. The Balaban J connectivity index is 2.46. The molecule has 1 aromatic rings. The molecule has 0 fully saturated rings. The molecule has 0 aliphatic rings. The molecule has 0 aromatic heterocycles. The molecule has 1 aromatic carbocycles. The normalized spacial score (nSPS) is 11.7. The molecule has 0 bridgehead atoms. The first-order chi connectivity index (χ1) is 7.38. The van der Waals surface area contributed by atoms with Crippen LogP contribution in [0.5, 0.6) is 0 Å². The van der Waals surface area contributed by atoms with E-state index in [4.69, 9.17) is 5.14 Å². The van der Waals surface area contributed by atoms with Crippen LogP contribution in [0, 0.1) is 11.6 Å². The van der Waals surface area contributed by atoms with Crippen molar-refractivity contribution in [2.45, 2.75) is 6.54 Å². The zero-order chi connectivity index (χ0) is 12.2. The van der Waals surface area contributed by atoms with E-state index in [-0.39, 0.29) is 24.4 Å². The lowest BCUT2D eigenvalue weighted by Crippen LogP contribution is -2.27. The first-order valence-electron chi connectivity index (χ1n) is 4.53. The second-order valence-corrected chi connectivity index (χ2v) is 5.01. The summed E-state index contributed by atoms with van der Waals surface area (Å²) in [5.74, 6) is -1.32. The van der Waals surface area contributed by atoms with Gasteiger partial charge in [-0.3, -0.25) is 0 Å². The zero-order valence-electron chi connectivity index (χ0n) is 8.41. The molecule has 1 rings (SSSR count). The maximum absolute atomic E-state index is 13.1. The summed E-state index contributed by atoms with van der Waals surface area (Å²) in [7, 11) is -3.53. The van der Waals surface area contributed by atoms with Crippen LogP contribution < -0.4 is 10.5 Å². The topological polar surface area (TPSA) is 72.2 Å². The van der Waals surface area contributed by atoms with Crippen LogP contribution in [0.1, 0.15) is 5.56 Å². The Kier molecular flexibility index (Phi) is 4.34. The second-order valence-electron chi connectivity index (χ2n) is 3.28. The smallest absolute Gasteiger partial charge is 0.210 e. The number of hydrogen-bond acceptors (Lipinski definition) is 3. The molecular formula is C9H12F2N2O2S. The van der Waals surface area contributed by atoms with Crippen LogP contribution in [-0.4, -0.2) is 20.7 Å². The molecule has 0 spiro atoms. The minimum atomic E-state index is -3.53. The van der Waals surface area contributed by atoms with Crippen LogP contribution in [-0.2, 0) is 16.6 Å². The monoisotopic (exact) mass is 250 g/mol. The van der Waals surface area contributed by atoms with Crippen LogP contribution in [0.15, 0.2) is 18.2 Å². The Bertz CT molecular complexity index is 463. The molecule has 0 atom stereocenters. The molecule has 90 valence electrons. The average molecular weight is 250 g/mol. The summed E-state index contributed by atoms with van der Waals surface area (Å²) in [4.78, 5) is 0. The summed E-state index contributed by atoms with van der Waals surface area (Å²) in [6.07, 6.45) is 0. The van der Waals surface area contributed by atoms with Gasteiger partial charge in [-0.05, 0) is 18.2 Å². The molecule has 0 saturated heterocycles. The lowest BCUT2D eigenvalue weighted by molar-refractivity contribution is 0.569. The van der Waals surface area contributed by atoms with E-state index in [1.165, 1.54) is 0 Å². The third-order valence-electron chi connectivity index (χ3n) is 1.89. The van der Waals surface area contributed by atoms with Crippen molar-refractivity contribution in [1.29, 1.82) is 0 Å². The molecule has 0 aliphatic heterocycles. The molecule has 0 radical (unpaired) electrons. The van der Waals surface area contributed by atoms with Crippen molar-refractivity contribution < 1.29 is 17.2 Å². The lowest BCUT2D eigenvalue weighted by atomic mass is 10.2. The van der Waals surface area contributed by atoms with Crippen LogP contribution in [0.25, 0.3) is 0 Å². The molecule has 7 heteroatoms. The van der Waals surface area contributed by atoms with E-state index >= 15 is 0 Å². The fraction of sp³-hybridized carbons (Fsp3) is 0.333. The molecule has 3 N–H and O–H groups in total. The van der Waals surface area contributed by atoms with E-state index in [0.29, 0.717) is 0 Å². The molecule has 0 heterocycles. The number of primary sulfonamides is 1. The lowest BCUT2D eigenvalue weighted by Gasteiger charge is -2.05. The fourth-order valence-electron chi connectivity index (χ4n) is 1.12. The van der Waals surface area contributed by atoms with E-state index in [1.54, 1.807) is 0 Å².